The van der Waals surface area contributed by atoms with Crippen molar-refractivity contribution < 1.29 is 14.1 Å². The molecular formula is C28H23NO4. The zero-order chi connectivity index (χ0) is 22.6. The minimum atomic E-state index is -0.392. The molecular weight excluding hydrogens is 414 g/mol. The molecule has 0 aliphatic heterocycles. The van der Waals surface area contributed by atoms with E-state index in [0.717, 1.165) is 19.3 Å². The Morgan fingerprint density at radius 1 is 0.818 bits per heavy atom. The third-order valence-electron chi connectivity index (χ3n) is 6.08. The molecule has 5 aromatic rings. The van der Waals surface area contributed by atoms with E-state index >= 15 is 0 Å². The lowest BCUT2D eigenvalue weighted by molar-refractivity contribution is -0.384. The van der Waals surface area contributed by atoms with Gasteiger partial charge < -0.3 is 9.15 Å². The molecule has 0 fully saturated rings. The van der Waals surface area contributed by atoms with E-state index in [-0.39, 0.29) is 11.8 Å². The van der Waals surface area contributed by atoms with Crippen LogP contribution in [0.15, 0.2) is 102 Å². The van der Waals surface area contributed by atoms with Gasteiger partial charge in [0.2, 0.25) is 0 Å². The quantitative estimate of drug-likeness (QED) is 0.171. The largest absolute Gasteiger partial charge is 0.490 e. The summed E-state index contributed by atoms with van der Waals surface area (Å²) < 4.78 is 10.7. The summed E-state index contributed by atoms with van der Waals surface area (Å²) in [5.41, 5.74) is 2.84. The van der Waals surface area contributed by atoms with E-state index in [9.17, 15) is 10.1 Å². The fourth-order valence-corrected chi connectivity index (χ4v) is 4.48. The molecule has 0 amide bonds. The number of ether oxygens (including phenoxy) is 1. The predicted molar refractivity (Wildman–Crippen MR) is 130 cm³/mol. The number of non-ortho nitro benzene ring substituents is 1. The van der Waals surface area contributed by atoms with Gasteiger partial charge in [-0.05, 0) is 69.8 Å². The normalized spacial score (nSPS) is 14.8. The van der Waals surface area contributed by atoms with Crippen molar-refractivity contribution in [3.8, 4) is 5.75 Å². The molecule has 5 nitrogen and oxygen atoms in total. The fraction of sp³-hybridized carbons (Fsp3) is 0.143. The molecule has 0 N–H and O–H groups in total. The number of benzene rings is 4. The van der Waals surface area contributed by atoms with E-state index in [2.05, 4.69) is 52.9 Å². The molecule has 5 heteroatoms. The van der Waals surface area contributed by atoms with Crippen LogP contribution in [0, 0.1) is 10.1 Å². The van der Waals surface area contributed by atoms with Gasteiger partial charge in [0, 0.05) is 18.6 Å². The molecule has 33 heavy (non-hydrogen) atoms. The molecule has 1 aromatic heterocycles. The van der Waals surface area contributed by atoms with Gasteiger partial charge in [-0.15, -0.1) is 0 Å². The summed E-state index contributed by atoms with van der Waals surface area (Å²) in [6.07, 6.45) is 6.10. The highest BCUT2D eigenvalue weighted by Gasteiger charge is 2.22. The van der Waals surface area contributed by atoms with E-state index in [4.69, 9.17) is 4.74 Å². The van der Waals surface area contributed by atoms with E-state index in [1.807, 2.05) is 12.1 Å². The van der Waals surface area contributed by atoms with Crippen molar-refractivity contribution in [1.29, 1.82) is 0 Å². The van der Waals surface area contributed by atoms with Crippen molar-refractivity contribution in [3.63, 3.8) is 0 Å². The van der Waals surface area contributed by atoms with Crippen LogP contribution in [0.25, 0.3) is 21.5 Å². The lowest BCUT2D eigenvalue weighted by atomic mass is 9.85. The molecule has 164 valence electrons. The number of nitro benzene ring substituents is 1. The Kier molecular flexibility index (Phi) is 5.77. The zero-order valence-electron chi connectivity index (χ0n) is 18.0. The molecule has 1 aliphatic rings. The van der Waals surface area contributed by atoms with E-state index in [0.29, 0.717) is 5.75 Å². The molecule has 0 radical (unpaired) electrons. The highest BCUT2D eigenvalue weighted by atomic mass is 16.6. The van der Waals surface area contributed by atoms with E-state index in [1.54, 1.807) is 24.7 Å². The van der Waals surface area contributed by atoms with Gasteiger partial charge in [0.1, 0.15) is 11.9 Å². The molecule has 0 bridgehead atoms. The number of hydrogen-bond acceptors (Lipinski definition) is 4. The van der Waals surface area contributed by atoms with Gasteiger partial charge in [0.25, 0.3) is 5.69 Å². The Morgan fingerprint density at radius 2 is 1.58 bits per heavy atom. The predicted octanol–water partition coefficient (Wildman–Crippen LogP) is 7.12. The monoisotopic (exact) mass is 437 g/mol. The lowest BCUT2D eigenvalue weighted by Gasteiger charge is -2.27. The molecule has 1 heterocycles. The van der Waals surface area contributed by atoms with Crippen molar-refractivity contribution in [1.82, 2.24) is 0 Å². The second kappa shape index (κ2) is 9.17. The number of furan rings is 1. The molecule has 6 rings (SSSR count). The number of aryl methyl sites for hydroxylation is 1. The SMILES string of the molecule is O=[N+]([O-])c1ccc(OC2CCc3ccc4c(ccc5ccccc54)c3C2)cc1.c1ccoc1. The molecule has 1 atom stereocenters. The highest BCUT2D eigenvalue weighted by molar-refractivity contribution is 6.08. The fourth-order valence-electron chi connectivity index (χ4n) is 4.48. The van der Waals surface area contributed by atoms with Gasteiger partial charge in [-0.2, -0.15) is 0 Å². The summed E-state index contributed by atoms with van der Waals surface area (Å²) in [6.45, 7) is 0. The molecule has 0 saturated heterocycles. The van der Waals surface area contributed by atoms with Crippen molar-refractivity contribution >= 4 is 27.2 Å². The smallest absolute Gasteiger partial charge is 0.269 e. The van der Waals surface area contributed by atoms with Crippen LogP contribution in [-0.4, -0.2) is 11.0 Å². The minimum Gasteiger partial charge on any atom is -0.490 e. The number of fused-ring (bicyclic) bond motifs is 5. The second-order valence-corrected chi connectivity index (χ2v) is 8.11. The maximum atomic E-state index is 10.8. The van der Waals surface area contributed by atoms with Crippen LogP contribution in [0.3, 0.4) is 0 Å². The zero-order valence-corrected chi connectivity index (χ0v) is 18.0. The van der Waals surface area contributed by atoms with Crippen LogP contribution in [0.4, 0.5) is 5.69 Å². The van der Waals surface area contributed by atoms with Crippen LogP contribution in [-0.2, 0) is 12.8 Å². The summed E-state index contributed by atoms with van der Waals surface area (Å²) in [6, 6.07) is 27.4. The summed E-state index contributed by atoms with van der Waals surface area (Å²) in [5.74, 6) is 0.685. The topological polar surface area (TPSA) is 65.5 Å². The van der Waals surface area contributed by atoms with Crippen LogP contribution in [0.2, 0.25) is 0 Å². The molecule has 1 aliphatic carbocycles. The average molecular weight is 437 g/mol. The number of nitrogens with zero attached hydrogens (tertiary/aromatic N) is 1. The Morgan fingerprint density at radius 3 is 2.30 bits per heavy atom. The first-order chi connectivity index (χ1) is 16.2. The molecule has 0 spiro atoms. The third-order valence-corrected chi connectivity index (χ3v) is 6.08. The maximum absolute atomic E-state index is 10.8. The lowest BCUT2D eigenvalue weighted by Crippen LogP contribution is -2.25. The van der Waals surface area contributed by atoms with Crippen LogP contribution in [0.1, 0.15) is 17.5 Å². The third kappa shape index (κ3) is 4.44. The molecule has 0 saturated carbocycles. The average Bonchev–Trinajstić information content (AvgIpc) is 3.44. The Labute approximate surface area is 191 Å². The van der Waals surface area contributed by atoms with Crippen molar-refractivity contribution in [2.45, 2.75) is 25.4 Å². The van der Waals surface area contributed by atoms with Gasteiger partial charge in [0.05, 0.1) is 17.4 Å². The Bertz CT molecular complexity index is 1370. The summed E-state index contributed by atoms with van der Waals surface area (Å²) in [5, 5.41) is 15.9. The highest BCUT2D eigenvalue weighted by Crippen LogP contribution is 2.34. The first-order valence-corrected chi connectivity index (χ1v) is 11.0. The van der Waals surface area contributed by atoms with Crippen LogP contribution < -0.4 is 4.74 Å². The van der Waals surface area contributed by atoms with Gasteiger partial charge in [-0.25, -0.2) is 0 Å². The first-order valence-electron chi connectivity index (χ1n) is 11.0. The van der Waals surface area contributed by atoms with Gasteiger partial charge in [-0.1, -0.05) is 48.5 Å². The van der Waals surface area contributed by atoms with Crippen molar-refractivity contribution in [2.24, 2.45) is 0 Å². The van der Waals surface area contributed by atoms with Crippen molar-refractivity contribution in [3.05, 3.63) is 119 Å². The molecule has 4 aromatic carbocycles. The van der Waals surface area contributed by atoms with Gasteiger partial charge >= 0.3 is 0 Å². The van der Waals surface area contributed by atoms with Crippen LogP contribution in [0.5, 0.6) is 5.75 Å². The standard InChI is InChI=1S/C24H19NO3.C4H4O/c26-25(27)18-8-11-19(12-9-18)28-20-10-5-17-7-13-22-21-4-2-1-3-16(21)6-14-23(22)24(17)15-20;1-2-4-5-3-1/h1-4,6-9,11-14,20H,5,10,15H2;1-4H. The summed E-state index contributed by atoms with van der Waals surface area (Å²) >= 11 is 0. The van der Waals surface area contributed by atoms with E-state index in [1.165, 1.54) is 44.8 Å². The van der Waals surface area contributed by atoms with Gasteiger partial charge in [-0.3, -0.25) is 10.1 Å². The van der Waals surface area contributed by atoms with E-state index < -0.39 is 4.92 Å². The summed E-state index contributed by atoms with van der Waals surface area (Å²) in [7, 11) is 0. The first kappa shape index (κ1) is 20.8. The minimum absolute atomic E-state index is 0.0750. The Hall–Kier alpha value is -4.12. The number of nitro groups is 1. The maximum Gasteiger partial charge on any atom is 0.269 e. The second-order valence-electron chi connectivity index (χ2n) is 8.11. The Balaban J connectivity index is 0.000000406. The van der Waals surface area contributed by atoms with Gasteiger partial charge in [0.15, 0.2) is 0 Å². The number of rotatable bonds is 3. The van der Waals surface area contributed by atoms with Crippen LogP contribution >= 0.6 is 0 Å². The summed E-state index contributed by atoms with van der Waals surface area (Å²) in [4.78, 5) is 10.4. The molecule has 1 unspecified atom stereocenters. The number of hydrogen-bond donors (Lipinski definition) is 0. The van der Waals surface area contributed by atoms with Crippen molar-refractivity contribution in [2.75, 3.05) is 0 Å².